The minimum absolute atomic E-state index is 0.121. The number of benzene rings is 2. The van der Waals surface area contributed by atoms with Crippen LogP contribution in [0.2, 0.25) is 0 Å². The molecule has 1 unspecified atom stereocenters. The Morgan fingerprint density at radius 3 is 2.69 bits per heavy atom. The highest BCUT2D eigenvalue weighted by Crippen LogP contribution is 2.35. The van der Waals surface area contributed by atoms with Gasteiger partial charge in [-0.25, -0.2) is 4.39 Å². The van der Waals surface area contributed by atoms with Gasteiger partial charge in [-0.2, -0.15) is 0 Å². The number of carbonyl (C=O) groups excluding carboxylic acids is 2. The van der Waals surface area contributed by atoms with Gasteiger partial charge in [0.1, 0.15) is 17.5 Å². The second kappa shape index (κ2) is 7.50. The van der Waals surface area contributed by atoms with Gasteiger partial charge in [0, 0.05) is 31.3 Å². The highest BCUT2D eigenvalue weighted by atomic mass is 19.1. The summed E-state index contributed by atoms with van der Waals surface area (Å²) in [4.78, 5) is 37.1. The Bertz CT molecular complexity index is 993. The summed E-state index contributed by atoms with van der Waals surface area (Å²) in [5.41, 5.74) is 2.13. The molecule has 9 heteroatoms. The molecule has 1 fully saturated rings. The number of fused-ring (bicyclic) bond motifs is 1. The highest BCUT2D eigenvalue weighted by Gasteiger charge is 2.33. The number of nitrogens with one attached hydrogen (secondary N) is 2. The third kappa shape index (κ3) is 3.89. The first kappa shape index (κ1) is 18.9. The molecule has 2 aromatic rings. The molecule has 8 nitrogen and oxygen atoms in total. The molecule has 0 aliphatic carbocycles. The number of rotatable bonds is 5. The van der Waals surface area contributed by atoms with E-state index in [-0.39, 0.29) is 35.4 Å². The number of likely N-dealkylation sites (tertiary alicyclic amines) is 1. The van der Waals surface area contributed by atoms with Crippen LogP contribution in [-0.2, 0) is 22.6 Å². The zero-order valence-corrected chi connectivity index (χ0v) is 15.5. The maximum atomic E-state index is 13.1. The fraction of sp³-hybridized carbons (Fsp3) is 0.300. The SMILES string of the molecule is O=C1CCc2cc([N+](=O)[O-])c(NC3CCN(Cc4ccc(F)cc4)C3=O)cc2N1. The van der Waals surface area contributed by atoms with E-state index >= 15 is 0 Å². The predicted octanol–water partition coefficient (Wildman–Crippen LogP) is 2.83. The smallest absolute Gasteiger partial charge is 0.292 e. The maximum Gasteiger partial charge on any atom is 0.292 e. The van der Waals surface area contributed by atoms with Crippen molar-refractivity contribution in [1.82, 2.24) is 4.90 Å². The van der Waals surface area contributed by atoms with E-state index in [0.717, 1.165) is 5.56 Å². The summed E-state index contributed by atoms with van der Waals surface area (Å²) in [6, 6.07) is 8.31. The highest BCUT2D eigenvalue weighted by molar-refractivity contribution is 5.96. The molecule has 2 heterocycles. The molecular formula is C20H19FN4O4. The van der Waals surface area contributed by atoms with E-state index in [1.54, 1.807) is 17.0 Å². The van der Waals surface area contributed by atoms with Crippen LogP contribution >= 0.6 is 0 Å². The van der Waals surface area contributed by atoms with Crippen LogP contribution in [0, 0.1) is 15.9 Å². The Morgan fingerprint density at radius 1 is 1.21 bits per heavy atom. The minimum atomic E-state index is -0.605. The molecule has 2 N–H and O–H groups in total. The summed E-state index contributed by atoms with van der Waals surface area (Å²) in [7, 11) is 0. The molecule has 0 radical (unpaired) electrons. The number of nitro groups is 1. The van der Waals surface area contributed by atoms with Gasteiger partial charge in [0.15, 0.2) is 0 Å². The lowest BCUT2D eigenvalue weighted by Gasteiger charge is -2.20. The van der Waals surface area contributed by atoms with Crippen LogP contribution < -0.4 is 10.6 Å². The molecule has 0 spiro atoms. The maximum absolute atomic E-state index is 13.1. The Kier molecular flexibility index (Phi) is 4.87. The van der Waals surface area contributed by atoms with Gasteiger partial charge in [-0.3, -0.25) is 19.7 Å². The molecule has 2 aliphatic rings. The largest absolute Gasteiger partial charge is 0.368 e. The topological polar surface area (TPSA) is 105 Å². The van der Waals surface area contributed by atoms with Crippen LogP contribution in [-0.4, -0.2) is 34.2 Å². The Labute approximate surface area is 165 Å². The molecule has 0 saturated carbocycles. The van der Waals surface area contributed by atoms with E-state index in [9.17, 15) is 24.1 Å². The van der Waals surface area contributed by atoms with Crippen molar-refractivity contribution < 1.29 is 18.9 Å². The number of aryl methyl sites for hydroxylation is 1. The fourth-order valence-electron chi connectivity index (χ4n) is 3.71. The summed E-state index contributed by atoms with van der Waals surface area (Å²) in [6.45, 7) is 0.836. The number of carbonyl (C=O) groups is 2. The molecule has 0 aromatic heterocycles. The van der Waals surface area contributed by atoms with E-state index < -0.39 is 11.0 Å². The molecule has 0 bridgehead atoms. The first-order valence-corrected chi connectivity index (χ1v) is 9.31. The quantitative estimate of drug-likeness (QED) is 0.595. The lowest BCUT2D eigenvalue weighted by atomic mass is 10.0. The molecule has 4 rings (SSSR count). The molecule has 2 aromatic carbocycles. The van der Waals surface area contributed by atoms with E-state index in [0.29, 0.717) is 37.2 Å². The summed E-state index contributed by atoms with van der Waals surface area (Å²) in [5.74, 6) is -0.655. The van der Waals surface area contributed by atoms with Gasteiger partial charge in [0.05, 0.1) is 4.92 Å². The monoisotopic (exact) mass is 398 g/mol. The van der Waals surface area contributed by atoms with E-state index in [1.165, 1.54) is 24.3 Å². The van der Waals surface area contributed by atoms with Crippen molar-refractivity contribution >= 4 is 28.9 Å². The summed E-state index contributed by atoms with van der Waals surface area (Å²) >= 11 is 0. The average Bonchev–Trinajstić information content (AvgIpc) is 3.02. The van der Waals surface area contributed by atoms with Crippen LogP contribution in [0.25, 0.3) is 0 Å². The molecule has 1 atom stereocenters. The zero-order valence-electron chi connectivity index (χ0n) is 15.5. The van der Waals surface area contributed by atoms with Crippen molar-refractivity contribution in [3.05, 3.63) is 63.5 Å². The molecule has 1 saturated heterocycles. The van der Waals surface area contributed by atoms with Crippen LogP contribution in [0.15, 0.2) is 36.4 Å². The van der Waals surface area contributed by atoms with Crippen LogP contribution in [0.4, 0.5) is 21.5 Å². The summed E-state index contributed by atoms with van der Waals surface area (Å²) in [5, 5.41) is 17.2. The Morgan fingerprint density at radius 2 is 1.97 bits per heavy atom. The van der Waals surface area contributed by atoms with Crippen LogP contribution in [0.3, 0.4) is 0 Å². The van der Waals surface area contributed by atoms with Gasteiger partial charge in [-0.15, -0.1) is 0 Å². The summed E-state index contributed by atoms with van der Waals surface area (Å²) in [6.07, 6.45) is 1.22. The Balaban J connectivity index is 1.52. The third-order valence-electron chi connectivity index (χ3n) is 5.23. The van der Waals surface area contributed by atoms with Crippen LogP contribution in [0.1, 0.15) is 24.0 Å². The number of hydrogen-bond donors (Lipinski definition) is 2. The van der Waals surface area contributed by atoms with Crippen molar-refractivity contribution in [3.8, 4) is 0 Å². The lowest BCUT2D eigenvalue weighted by molar-refractivity contribution is -0.384. The van der Waals surface area contributed by atoms with E-state index in [2.05, 4.69) is 10.6 Å². The second-order valence-corrected chi connectivity index (χ2v) is 7.20. The van der Waals surface area contributed by atoms with Gasteiger partial charge in [0.2, 0.25) is 11.8 Å². The fourth-order valence-corrected chi connectivity index (χ4v) is 3.71. The first-order valence-electron chi connectivity index (χ1n) is 9.31. The molecule has 2 amide bonds. The van der Waals surface area contributed by atoms with Crippen molar-refractivity contribution in [2.75, 3.05) is 17.2 Å². The number of nitro benzene ring substituents is 1. The van der Waals surface area contributed by atoms with E-state index in [1.807, 2.05) is 0 Å². The lowest BCUT2D eigenvalue weighted by Crippen LogP contribution is -2.33. The minimum Gasteiger partial charge on any atom is -0.368 e. The predicted molar refractivity (Wildman–Crippen MR) is 104 cm³/mol. The zero-order chi connectivity index (χ0) is 20.5. The van der Waals surface area contributed by atoms with E-state index in [4.69, 9.17) is 0 Å². The number of halogens is 1. The van der Waals surface area contributed by atoms with Crippen LogP contribution in [0.5, 0.6) is 0 Å². The Hall–Kier alpha value is -3.49. The molecule has 150 valence electrons. The molecule has 2 aliphatic heterocycles. The van der Waals surface area contributed by atoms with Crippen molar-refractivity contribution in [2.24, 2.45) is 0 Å². The third-order valence-corrected chi connectivity index (χ3v) is 5.23. The van der Waals surface area contributed by atoms with Gasteiger partial charge in [-0.1, -0.05) is 12.1 Å². The number of anilines is 2. The summed E-state index contributed by atoms with van der Waals surface area (Å²) < 4.78 is 13.1. The van der Waals surface area contributed by atoms with Crippen molar-refractivity contribution in [2.45, 2.75) is 31.8 Å². The van der Waals surface area contributed by atoms with Crippen molar-refractivity contribution in [3.63, 3.8) is 0 Å². The first-order chi connectivity index (χ1) is 13.9. The normalized spacial score (nSPS) is 18.4. The van der Waals surface area contributed by atoms with Crippen molar-refractivity contribution in [1.29, 1.82) is 0 Å². The average molecular weight is 398 g/mol. The number of nitrogens with zero attached hydrogens (tertiary/aromatic N) is 2. The van der Waals surface area contributed by atoms with Gasteiger partial charge < -0.3 is 15.5 Å². The standard InChI is InChI=1S/C20H19FN4O4/c21-14-4-1-12(2-5-14)11-24-8-7-15(20(24)27)22-17-10-16-13(3-6-19(26)23-16)9-18(17)25(28)29/h1-2,4-5,9-10,15,22H,3,6-8,11H2,(H,23,26). The molecule has 29 heavy (non-hydrogen) atoms. The van der Waals surface area contributed by atoms with Gasteiger partial charge in [0.25, 0.3) is 5.69 Å². The van der Waals surface area contributed by atoms with Gasteiger partial charge in [-0.05, 0) is 42.2 Å². The van der Waals surface area contributed by atoms with Gasteiger partial charge >= 0.3 is 0 Å². The second-order valence-electron chi connectivity index (χ2n) is 7.20. The molecular weight excluding hydrogens is 379 g/mol. The number of amides is 2. The number of hydrogen-bond acceptors (Lipinski definition) is 5.